The number of aldehydes is 1. The van der Waals surface area contributed by atoms with Crippen molar-refractivity contribution in [3.63, 3.8) is 0 Å². The minimum atomic E-state index is -3.05. The molecule has 2 saturated heterocycles. The summed E-state index contributed by atoms with van der Waals surface area (Å²) >= 11 is 0. The van der Waals surface area contributed by atoms with E-state index in [1.54, 1.807) is 0 Å². The second kappa shape index (κ2) is 15.8. The number of amides is 1. The van der Waals surface area contributed by atoms with Crippen LogP contribution in [0.25, 0.3) is 0 Å². The lowest BCUT2D eigenvalue weighted by molar-refractivity contribution is -0.376. The fourth-order valence-electron chi connectivity index (χ4n) is 4.73. The lowest BCUT2D eigenvalue weighted by atomic mass is 9.88. The highest BCUT2D eigenvalue weighted by atomic mass is 16.8. The molecule has 1 amide bonds. The lowest BCUT2D eigenvalue weighted by Crippen LogP contribution is -2.70. The second-order valence-electron chi connectivity index (χ2n) is 10.2. The predicted molar refractivity (Wildman–Crippen MR) is 133 cm³/mol. The van der Waals surface area contributed by atoms with Gasteiger partial charge in [-0.3, -0.25) is 4.79 Å². The van der Waals surface area contributed by atoms with Crippen molar-refractivity contribution in [3.8, 4) is 0 Å². The molecule has 2 rings (SSSR count). The SMILES string of the molecule is CC(=O)N[C@H]1[C@H]([C@H](O)[C@H](O)CO)O[C@@](O[C@H]2[C@@H](O)[C@@H](CO)O[C@@H](O[C@@H]([C@H](O)[C@@H](N)C=O)[C@H](O)CO)[C@@H]2O)(C(=O)O)C[C@@H]1O. The Morgan fingerprint density at radius 1 is 1.07 bits per heavy atom. The van der Waals surface area contributed by atoms with Gasteiger partial charge in [-0.1, -0.05) is 0 Å². The number of hydrogen-bond acceptors (Lipinski definition) is 18. The molecule has 0 aromatic rings. The summed E-state index contributed by atoms with van der Waals surface area (Å²) in [6, 6.07) is -3.22. The van der Waals surface area contributed by atoms with E-state index >= 15 is 0 Å². The zero-order chi connectivity index (χ0) is 32.8. The minimum Gasteiger partial charge on any atom is -0.477 e. The molecule has 15 atom stereocenters. The average Bonchev–Trinajstić information content (AvgIpc) is 2.97. The molecule has 2 aliphatic rings. The van der Waals surface area contributed by atoms with E-state index in [1.165, 1.54) is 0 Å². The number of nitrogens with one attached hydrogen (secondary N) is 1. The summed E-state index contributed by atoms with van der Waals surface area (Å²) in [6.07, 6.45) is -24.9. The van der Waals surface area contributed by atoms with Crippen LogP contribution in [0.2, 0.25) is 0 Å². The highest BCUT2D eigenvalue weighted by Gasteiger charge is 2.59. The molecule has 2 fully saturated rings. The fourth-order valence-corrected chi connectivity index (χ4v) is 4.73. The van der Waals surface area contributed by atoms with Crippen LogP contribution in [0.5, 0.6) is 0 Å². The van der Waals surface area contributed by atoms with Gasteiger partial charge in [0.15, 0.2) is 6.29 Å². The predicted octanol–water partition coefficient (Wildman–Crippen LogP) is -8.41. The van der Waals surface area contributed by atoms with Crippen molar-refractivity contribution in [1.29, 1.82) is 0 Å². The molecule has 20 nitrogen and oxygen atoms in total. The largest absolute Gasteiger partial charge is 0.477 e. The highest BCUT2D eigenvalue weighted by molar-refractivity contribution is 5.76. The summed E-state index contributed by atoms with van der Waals surface area (Å²) < 4.78 is 21.6. The van der Waals surface area contributed by atoms with Crippen LogP contribution in [0.3, 0.4) is 0 Å². The molecule has 0 unspecified atom stereocenters. The molecule has 0 aromatic carbocycles. The molecule has 0 aromatic heterocycles. The number of aliphatic hydroxyl groups is 10. The zero-order valence-corrected chi connectivity index (χ0v) is 22.8. The Hall–Kier alpha value is -1.99. The van der Waals surface area contributed by atoms with Crippen LogP contribution in [0, 0.1) is 0 Å². The van der Waals surface area contributed by atoms with Gasteiger partial charge in [-0.2, -0.15) is 0 Å². The van der Waals surface area contributed by atoms with E-state index in [2.05, 4.69) is 5.32 Å². The summed E-state index contributed by atoms with van der Waals surface area (Å²) in [5.74, 6) is -5.80. The van der Waals surface area contributed by atoms with Gasteiger partial charge in [0, 0.05) is 13.3 Å². The first-order valence-electron chi connectivity index (χ1n) is 13.1. The normalized spacial score (nSPS) is 37.4. The summed E-state index contributed by atoms with van der Waals surface area (Å²) in [5, 5.41) is 114. The van der Waals surface area contributed by atoms with Gasteiger partial charge in [-0.25, -0.2) is 4.79 Å². The maximum Gasteiger partial charge on any atom is 0.364 e. The van der Waals surface area contributed by atoms with Crippen molar-refractivity contribution in [2.75, 3.05) is 19.8 Å². The molecule has 0 saturated carbocycles. The molecular weight excluding hydrogens is 592 g/mol. The third-order valence-electron chi connectivity index (χ3n) is 7.08. The van der Waals surface area contributed by atoms with Crippen LogP contribution in [-0.2, 0) is 33.3 Å². The van der Waals surface area contributed by atoms with Crippen molar-refractivity contribution in [2.45, 2.75) is 105 Å². The summed E-state index contributed by atoms with van der Waals surface area (Å²) in [4.78, 5) is 35.3. The molecule has 43 heavy (non-hydrogen) atoms. The number of rotatable bonds is 15. The molecule has 0 aliphatic carbocycles. The summed E-state index contributed by atoms with van der Waals surface area (Å²) in [6.45, 7) is -2.08. The fraction of sp³-hybridized carbons (Fsp3) is 0.870. The van der Waals surface area contributed by atoms with E-state index in [-0.39, 0.29) is 6.29 Å². The molecule has 0 bridgehead atoms. The monoisotopic (exact) mass is 632 g/mol. The second-order valence-corrected chi connectivity index (χ2v) is 10.2. The van der Waals surface area contributed by atoms with Crippen LogP contribution in [0.15, 0.2) is 0 Å². The van der Waals surface area contributed by atoms with Crippen molar-refractivity contribution >= 4 is 18.2 Å². The Labute approximate surface area is 243 Å². The molecule has 14 N–H and O–H groups in total. The van der Waals surface area contributed by atoms with E-state index in [0.29, 0.717) is 0 Å². The molecule has 20 heteroatoms. The number of nitrogens with two attached hydrogens (primary N) is 1. The molecule has 0 radical (unpaired) electrons. The highest BCUT2D eigenvalue weighted by Crippen LogP contribution is 2.37. The van der Waals surface area contributed by atoms with Crippen molar-refractivity contribution < 1.29 is 89.5 Å². The number of hydrogen-bond donors (Lipinski definition) is 13. The Balaban J connectivity index is 2.49. The number of ether oxygens (including phenoxy) is 4. The van der Waals surface area contributed by atoms with Crippen molar-refractivity contribution in [2.24, 2.45) is 5.73 Å². The van der Waals surface area contributed by atoms with Crippen LogP contribution >= 0.6 is 0 Å². The third kappa shape index (κ3) is 8.39. The van der Waals surface area contributed by atoms with Crippen molar-refractivity contribution in [3.05, 3.63) is 0 Å². The van der Waals surface area contributed by atoms with Crippen LogP contribution in [0.4, 0.5) is 0 Å². The Bertz CT molecular complexity index is 931. The Kier molecular flexibility index (Phi) is 13.7. The number of carboxylic acid groups (broad SMARTS) is 1. The standard InChI is InChI=1S/C23H40N2O18/c1-7(30)25-13-9(31)2-23(22(38)39,42-19(13)15(35)10(32)4-27)43-20-16(36)12(6-29)40-21(17(20)37)41-18(11(33)5-28)14(34)8(24)3-26/h3,8-21,27-29,31-37H,2,4-6,24H2,1H3,(H,25,30)(H,38,39)/t8-,9-,10+,11+,12+,13+,14+,15+,16-,17+,18+,19+,20-,21-,23-/m0/s1. The van der Waals surface area contributed by atoms with Gasteiger partial charge in [-0.05, 0) is 0 Å². The van der Waals surface area contributed by atoms with Gasteiger partial charge in [-0.15, -0.1) is 0 Å². The smallest absolute Gasteiger partial charge is 0.364 e. The average molecular weight is 633 g/mol. The third-order valence-corrected chi connectivity index (χ3v) is 7.08. The van der Waals surface area contributed by atoms with Crippen LogP contribution in [-0.4, -0.2) is 185 Å². The Morgan fingerprint density at radius 2 is 1.67 bits per heavy atom. The van der Waals surface area contributed by atoms with Crippen molar-refractivity contribution in [1.82, 2.24) is 5.32 Å². The van der Waals surface area contributed by atoms with Gasteiger partial charge in [0.2, 0.25) is 5.91 Å². The number of carbonyl (C=O) groups is 3. The summed E-state index contributed by atoms with van der Waals surface area (Å²) in [5.41, 5.74) is 5.47. The quantitative estimate of drug-likeness (QED) is 0.0745. The van der Waals surface area contributed by atoms with Crippen LogP contribution < -0.4 is 11.1 Å². The first-order chi connectivity index (χ1) is 20.1. The molecule has 2 heterocycles. The lowest BCUT2D eigenvalue weighted by Gasteiger charge is -2.50. The van der Waals surface area contributed by atoms with E-state index in [9.17, 15) is 70.6 Å². The van der Waals surface area contributed by atoms with E-state index in [1.807, 2.05) is 0 Å². The topological polar surface area (TPSA) is 349 Å². The van der Waals surface area contributed by atoms with Gasteiger partial charge in [0.25, 0.3) is 5.79 Å². The Morgan fingerprint density at radius 3 is 2.16 bits per heavy atom. The number of aliphatic hydroxyl groups excluding tert-OH is 10. The molecule has 2 aliphatic heterocycles. The van der Waals surface area contributed by atoms with E-state index < -0.39 is 129 Å². The molecule has 0 spiro atoms. The number of carboxylic acids is 1. The maximum absolute atomic E-state index is 12.5. The summed E-state index contributed by atoms with van der Waals surface area (Å²) in [7, 11) is 0. The maximum atomic E-state index is 12.5. The van der Waals surface area contributed by atoms with Gasteiger partial charge in [0.05, 0.1) is 38.0 Å². The zero-order valence-electron chi connectivity index (χ0n) is 22.8. The van der Waals surface area contributed by atoms with E-state index in [4.69, 9.17) is 24.7 Å². The first kappa shape index (κ1) is 37.2. The number of carbonyl (C=O) groups excluding carboxylic acids is 2. The molecule has 250 valence electrons. The first-order valence-corrected chi connectivity index (χ1v) is 13.1. The molecular formula is C23H40N2O18. The van der Waals surface area contributed by atoms with Gasteiger partial charge in [0.1, 0.15) is 67.3 Å². The number of aliphatic carboxylic acids is 1. The van der Waals surface area contributed by atoms with Gasteiger partial charge >= 0.3 is 5.97 Å². The van der Waals surface area contributed by atoms with Crippen LogP contribution in [0.1, 0.15) is 13.3 Å². The van der Waals surface area contributed by atoms with Gasteiger partial charge < -0.3 is 91.0 Å². The van der Waals surface area contributed by atoms with E-state index in [0.717, 1.165) is 6.92 Å². The minimum absolute atomic E-state index is 0.0879.